The third kappa shape index (κ3) is 3.49. The van der Waals surface area contributed by atoms with Crippen molar-refractivity contribution in [2.75, 3.05) is 26.7 Å². The molecule has 0 aliphatic carbocycles. The highest BCUT2D eigenvalue weighted by molar-refractivity contribution is 5.19. The third-order valence-corrected chi connectivity index (χ3v) is 3.05. The number of hydrogen-bond acceptors (Lipinski definition) is 4. The van der Waals surface area contributed by atoms with Crippen LogP contribution in [0.3, 0.4) is 0 Å². The van der Waals surface area contributed by atoms with Gasteiger partial charge in [0.05, 0.1) is 18.4 Å². The minimum absolute atomic E-state index is 0.334. The molecule has 2 rings (SSSR count). The molecule has 4 heteroatoms. The van der Waals surface area contributed by atoms with Gasteiger partial charge in [0, 0.05) is 32.4 Å². The highest BCUT2D eigenvalue weighted by Gasteiger charge is 2.17. The molecule has 1 aliphatic rings. The van der Waals surface area contributed by atoms with E-state index >= 15 is 0 Å². The van der Waals surface area contributed by atoms with E-state index in [1.165, 1.54) is 11.3 Å². The van der Waals surface area contributed by atoms with Crippen molar-refractivity contribution in [2.45, 2.75) is 26.1 Å². The first-order valence-electron chi connectivity index (χ1n) is 6.21. The van der Waals surface area contributed by atoms with Crippen molar-refractivity contribution in [1.29, 1.82) is 0 Å². The molecule has 17 heavy (non-hydrogen) atoms. The molecule has 0 bridgehead atoms. The van der Waals surface area contributed by atoms with E-state index in [-0.39, 0.29) is 0 Å². The molecule has 2 heterocycles. The van der Waals surface area contributed by atoms with Crippen LogP contribution >= 0.6 is 0 Å². The van der Waals surface area contributed by atoms with Crippen molar-refractivity contribution in [3.05, 3.63) is 29.6 Å². The van der Waals surface area contributed by atoms with Gasteiger partial charge in [0.25, 0.3) is 0 Å². The minimum Gasteiger partial charge on any atom is -0.376 e. The molecule has 1 aromatic rings. The van der Waals surface area contributed by atoms with Gasteiger partial charge in [-0.2, -0.15) is 0 Å². The second kappa shape index (κ2) is 6.10. The number of nitrogens with one attached hydrogen (secondary N) is 1. The Labute approximate surface area is 103 Å². The summed E-state index contributed by atoms with van der Waals surface area (Å²) in [6, 6.07) is 4.14. The average Bonchev–Trinajstić information content (AvgIpc) is 2.32. The third-order valence-electron chi connectivity index (χ3n) is 3.05. The molecule has 1 atom stereocenters. The Morgan fingerprint density at radius 2 is 2.47 bits per heavy atom. The number of aromatic nitrogens is 1. The monoisotopic (exact) mass is 235 g/mol. The van der Waals surface area contributed by atoms with Crippen LogP contribution in [0.5, 0.6) is 0 Å². The Kier molecular flexibility index (Phi) is 4.48. The maximum absolute atomic E-state index is 5.55. The molecule has 4 nitrogen and oxygen atoms in total. The Balaban J connectivity index is 2.01. The number of nitrogens with zero attached hydrogens (tertiary/aromatic N) is 2. The van der Waals surface area contributed by atoms with E-state index in [4.69, 9.17) is 4.74 Å². The fourth-order valence-electron chi connectivity index (χ4n) is 2.21. The summed E-state index contributed by atoms with van der Waals surface area (Å²) in [5.74, 6) is 0. The first-order valence-corrected chi connectivity index (χ1v) is 6.21. The first kappa shape index (κ1) is 12.5. The zero-order valence-electron chi connectivity index (χ0n) is 10.6. The van der Waals surface area contributed by atoms with E-state index in [0.29, 0.717) is 6.10 Å². The van der Waals surface area contributed by atoms with Crippen LogP contribution in [0.1, 0.15) is 18.2 Å². The van der Waals surface area contributed by atoms with Gasteiger partial charge in [0.15, 0.2) is 0 Å². The van der Waals surface area contributed by atoms with Gasteiger partial charge in [-0.1, -0.05) is 6.07 Å². The van der Waals surface area contributed by atoms with Gasteiger partial charge in [0.1, 0.15) is 0 Å². The molecule has 0 spiro atoms. The molecule has 1 N–H and O–H groups in total. The lowest BCUT2D eigenvalue weighted by Gasteiger charge is -2.31. The van der Waals surface area contributed by atoms with Crippen LogP contribution in [0.25, 0.3) is 0 Å². The van der Waals surface area contributed by atoms with Crippen molar-refractivity contribution in [2.24, 2.45) is 0 Å². The zero-order valence-corrected chi connectivity index (χ0v) is 10.6. The second-order valence-electron chi connectivity index (χ2n) is 4.56. The molecule has 0 amide bonds. The Hall–Kier alpha value is -0.970. The van der Waals surface area contributed by atoms with E-state index in [9.17, 15) is 0 Å². The molecular weight excluding hydrogens is 214 g/mol. The second-order valence-corrected chi connectivity index (χ2v) is 4.56. The van der Waals surface area contributed by atoms with Gasteiger partial charge in [-0.25, -0.2) is 0 Å². The lowest BCUT2D eigenvalue weighted by atomic mass is 10.1. The molecule has 1 aromatic heterocycles. The molecule has 0 aromatic carbocycles. The van der Waals surface area contributed by atoms with E-state index in [1.807, 2.05) is 19.3 Å². The van der Waals surface area contributed by atoms with E-state index < -0.39 is 0 Å². The number of rotatable bonds is 4. The lowest BCUT2D eigenvalue weighted by Crippen LogP contribution is -2.40. The van der Waals surface area contributed by atoms with Crippen LogP contribution in [0.15, 0.2) is 18.3 Å². The molecule has 94 valence electrons. The average molecular weight is 235 g/mol. The van der Waals surface area contributed by atoms with E-state index in [0.717, 1.165) is 32.8 Å². The van der Waals surface area contributed by atoms with Crippen molar-refractivity contribution in [1.82, 2.24) is 15.2 Å². The number of pyridine rings is 1. The van der Waals surface area contributed by atoms with Gasteiger partial charge in [0.2, 0.25) is 0 Å². The predicted molar refractivity (Wildman–Crippen MR) is 67.7 cm³/mol. The first-order chi connectivity index (χ1) is 8.29. The number of morpholine rings is 1. The van der Waals surface area contributed by atoms with Gasteiger partial charge in [-0.3, -0.25) is 9.88 Å². The maximum Gasteiger partial charge on any atom is 0.0674 e. The number of ether oxygens (including phenoxy) is 1. The summed E-state index contributed by atoms with van der Waals surface area (Å²) in [6.07, 6.45) is 2.21. The maximum atomic E-state index is 5.55. The minimum atomic E-state index is 0.334. The molecule has 1 unspecified atom stereocenters. The summed E-state index contributed by atoms with van der Waals surface area (Å²) in [7, 11) is 1.97. The zero-order chi connectivity index (χ0) is 12.1. The normalized spacial score (nSPS) is 21.6. The molecule has 1 aliphatic heterocycles. The van der Waals surface area contributed by atoms with Crippen LogP contribution in [-0.2, 0) is 17.8 Å². The standard InChI is InChI=1S/C13H21N3O/c1-11-9-16(6-7-17-11)10-13-12(8-14-2)4-3-5-15-13/h3-5,11,14H,6-10H2,1-2H3. The highest BCUT2D eigenvalue weighted by Crippen LogP contribution is 2.12. The van der Waals surface area contributed by atoms with E-state index in [2.05, 4.69) is 28.2 Å². The highest BCUT2D eigenvalue weighted by atomic mass is 16.5. The van der Waals surface area contributed by atoms with Crippen LogP contribution in [0, 0.1) is 0 Å². The quantitative estimate of drug-likeness (QED) is 0.845. The fourth-order valence-corrected chi connectivity index (χ4v) is 2.21. The van der Waals surface area contributed by atoms with Gasteiger partial charge in [-0.15, -0.1) is 0 Å². The lowest BCUT2D eigenvalue weighted by molar-refractivity contribution is -0.0216. The smallest absolute Gasteiger partial charge is 0.0674 e. The van der Waals surface area contributed by atoms with Crippen molar-refractivity contribution < 1.29 is 4.74 Å². The van der Waals surface area contributed by atoms with Crippen molar-refractivity contribution in [3.63, 3.8) is 0 Å². The molecule has 0 saturated carbocycles. The van der Waals surface area contributed by atoms with Crippen LogP contribution in [0.2, 0.25) is 0 Å². The molecule has 1 saturated heterocycles. The summed E-state index contributed by atoms with van der Waals surface area (Å²) >= 11 is 0. The van der Waals surface area contributed by atoms with Crippen molar-refractivity contribution in [3.8, 4) is 0 Å². The van der Waals surface area contributed by atoms with Gasteiger partial charge >= 0.3 is 0 Å². The number of hydrogen-bond donors (Lipinski definition) is 1. The summed E-state index contributed by atoms with van der Waals surface area (Å²) < 4.78 is 5.55. The van der Waals surface area contributed by atoms with Crippen LogP contribution in [0.4, 0.5) is 0 Å². The Morgan fingerprint density at radius 3 is 3.24 bits per heavy atom. The largest absolute Gasteiger partial charge is 0.376 e. The SMILES string of the molecule is CNCc1cccnc1CN1CCOC(C)C1. The summed E-state index contributed by atoms with van der Waals surface area (Å²) in [6.45, 7) is 6.75. The molecule has 0 radical (unpaired) electrons. The van der Waals surface area contributed by atoms with Crippen LogP contribution < -0.4 is 5.32 Å². The van der Waals surface area contributed by atoms with Gasteiger partial charge < -0.3 is 10.1 Å². The van der Waals surface area contributed by atoms with Gasteiger partial charge in [-0.05, 0) is 25.6 Å². The van der Waals surface area contributed by atoms with Crippen molar-refractivity contribution >= 4 is 0 Å². The summed E-state index contributed by atoms with van der Waals surface area (Å²) in [5.41, 5.74) is 2.46. The predicted octanol–water partition coefficient (Wildman–Crippen LogP) is 1.02. The van der Waals surface area contributed by atoms with E-state index in [1.54, 1.807) is 0 Å². The summed E-state index contributed by atoms with van der Waals surface area (Å²) in [5, 5.41) is 3.19. The fraction of sp³-hybridized carbons (Fsp3) is 0.615. The topological polar surface area (TPSA) is 37.4 Å². The Morgan fingerprint density at radius 1 is 1.59 bits per heavy atom. The Bertz CT molecular complexity index is 356. The summed E-state index contributed by atoms with van der Waals surface area (Å²) in [4.78, 5) is 6.91. The molecular formula is C13H21N3O. The van der Waals surface area contributed by atoms with Crippen LogP contribution in [-0.4, -0.2) is 42.7 Å². The molecule has 1 fully saturated rings.